The van der Waals surface area contributed by atoms with E-state index in [0.717, 1.165) is 28.7 Å². The highest BCUT2D eigenvalue weighted by Gasteiger charge is 2.35. The van der Waals surface area contributed by atoms with Crippen molar-refractivity contribution in [2.24, 2.45) is 5.41 Å². The van der Waals surface area contributed by atoms with Crippen LogP contribution in [0.5, 0.6) is 0 Å². The smallest absolute Gasteiger partial charge is 0.311 e. The average molecular weight is 442 g/mol. The Labute approximate surface area is 186 Å². The number of aliphatic hydroxyl groups excluding tert-OH is 1. The van der Waals surface area contributed by atoms with Crippen molar-refractivity contribution in [3.8, 4) is 0 Å². The first-order chi connectivity index (χ1) is 15.3. The van der Waals surface area contributed by atoms with Gasteiger partial charge in [0.05, 0.1) is 24.7 Å². The van der Waals surface area contributed by atoms with Gasteiger partial charge in [-0.05, 0) is 62.1 Å². The number of carbonyl (C=O) groups is 1. The Balaban J connectivity index is 1.51. The second-order valence-corrected chi connectivity index (χ2v) is 8.79. The van der Waals surface area contributed by atoms with Crippen LogP contribution in [0.4, 0.5) is 4.39 Å². The number of aliphatic carboxylic acids is 1. The zero-order valence-electron chi connectivity index (χ0n) is 18.3. The van der Waals surface area contributed by atoms with Crippen molar-refractivity contribution < 1.29 is 24.2 Å². The topological polar surface area (TPSA) is 87.8 Å². The van der Waals surface area contributed by atoms with Crippen LogP contribution in [0.25, 0.3) is 11.0 Å². The largest absolute Gasteiger partial charge is 0.481 e. The zero-order chi connectivity index (χ0) is 22.9. The number of halogens is 1. The number of pyridine rings is 1. The van der Waals surface area contributed by atoms with E-state index in [0.29, 0.717) is 19.6 Å². The summed E-state index contributed by atoms with van der Waals surface area (Å²) in [7, 11) is 0. The number of hydroxylamine groups is 2. The molecule has 0 spiro atoms. The van der Waals surface area contributed by atoms with Gasteiger partial charge in [0.25, 0.3) is 0 Å². The maximum atomic E-state index is 13.7. The van der Waals surface area contributed by atoms with E-state index in [9.17, 15) is 19.4 Å². The van der Waals surface area contributed by atoms with E-state index in [1.54, 1.807) is 12.3 Å². The first-order valence-electron chi connectivity index (χ1n) is 10.8. The molecule has 1 atom stereocenters. The number of fused-ring (bicyclic) bond motifs is 3. The van der Waals surface area contributed by atoms with Crippen LogP contribution in [0.15, 0.2) is 42.6 Å². The Bertz CT molecular complexity index is 1130. The number of rotatable bonds is 8. The third-order valence-corrected chi connectivity index (χ3v) is 6.26. The lowest BCUT2D eigenvalue weighted by Gasteiger charge is -2.29. The predicted octanol–water partition coefficient (Wildman–Crippen LogP) is 3.38. The molecular formula is C24H28FN3O4. The number of hydrogen-bond donors (Lipinski definition) is 2. The number of aromatic nitrogens is 2. The lowest BCUT2D eigenvalue weighted by molar-refractivity contribution is -0.180. The predicted molar refractivity (Wildman–Crippen MR) is 117 cm³/mol. The molecule has 1 aliphatic rings. The minimum atomic E-state index is -1.23. The molecule has 0 saturated heterocycles. The van der Waals surface area contributed by atoms with E-state index in [1.807, 2.05) is 17.2 Å². The third kappa shape index (κ3) is 4.39. The van der Waals surface area contributed by atoms with Gasteiger partial charge in [0.2, 0.25) is 0 Å². The van der Waals surface area contributed by atoms with Gasteiger partial charge in [0.15, 0.2) is 0 Å². The summed E-state index contributed by atoms with van der Waals surface area (Å²) in [5.74, 6) is -1.31. The molecule has 2 N–H and O–H groups in total. The minimum absolute atomic E-state index is 0.218. The standard InChI is InChI=1S/C24H28FN3O4/c1-24(2,23(30)31)21(29)9-12-32-27-11-8-18-19-7-4-10-26-22(19)28(20(18)15-27)14-16-5-3-6-17(25)13-16/h3-7,10,13,21,29H,8-9,11-12,14-15H2,1-2H3,(H,30,31). The molecule has 4 rings (SSSR count). The number of carboxylic acids is 1. The lowest BCUT2D eigenvalue weighted by atomic mass is 9.85. The molecule has 0 amide bonds. The molecule has 0 aliphatic carbocycles. The highest BCUT2D eigenvalue weighted by molar-refractivity contribution is 5.82. The molecule has 3 aromatic rings. The summed E-state index contributed by atoms with van der Waals surface area (Å²) in [5.41, 5.74) is 2.77. The second-order valence-electron chi connectivity index (χ2n) is 8.79. The Kier molecular flexibility index (Phi) is 6.28. The van der Waals surface area contributed by atoms with Gasteiger partial charge in [-0.2, -0.15) is 5.06 Å². The summed E-state index contributed by atoms with van der Waals surface area (Å²) in [5, 5.41) is 22.4. The highest BCUT2D eigenvalue weighted by Crippen LogP contribution is 2.31. The number of nitrogens with zero attached hydrogens (tertiary/aromatic N) is 3. The third-order valence-electron chi connectivity index (χ3n) is 6.26. The van der Waals surface area contributed by atoms with Crippen molar-refractivity contribution in [1.82, 2.24) is 14.6 Å². The molecule has 0 bridgehead atoms. The fraction of sp³-hybridized carbons (Fsp3) is 0.417. The van der Waals surface area contributed by atoms with Crippen LogP contribution < -0.4 is 0 Å². The Morgan fingerprint density at radius 1 is 1.31 bits per heavy atom. The normalized spacial score (nSPS) is 15.6. The van der Waals surface area contributed by atoms with Crippen LogP contribution in [-0.4, -0.2) is 50.1 Å². The van der Waals surface area contributed by atoms with Crippen molar-refractivity contribution in [3.05, 3.63) is 65.2 Å². The molecule has 0 radical (unpaired) electrons. The fourth-order valence-electron chi connectivity index (χ4n) is 4.13. The van der Waals surface area contributed by atoms with E-state index in [2.05, 4.69) is 15.6 Å². The van der Waals surface area contributed by atoms with Crippen molar-refractivity contribution in [3.63, 3.8) is 0 Å². The van der Waals surface area contributed by atoms with Gasteiger partial charge in [-0.25, -0.2) is 9.37 Å². The van der Waals surface area contributed by atoms with Gasteiger partial charge < -0.3 is 14.8 Å². The van der Waals surface area contributed by atoms with Crippen LogP contribution in [0.3, 0.4) is 0 Å². The fourth-order valence-corrected chi connectivity index (χ4v) is 4.13. The number of aliphatic hydroxyl groups is 1. The molecule has 2 aromatic heterocycles. The molecule has 32 heavy (non-hydrogen) atoms. The molecular weight excluding hydrogens is 413 g/mol. The van der Waals surface area contributed by atoms with E-state index in [-0.39, 0.29) is 18.8 Å². The monoisotopic (exact) mass is 441 g/mol. The van der Waals surface area contributed by atoms with Gasteiger partial charge >= 0.3 is 5.97 Å². The van der Waals surface area contributed by atoms with Crippen molar-refractivity contribution in [1.29, 1.82) is 0 Å². The summed E-state index contributed by atoms with van der Waals surface area (Å²) in [6.45, 7) is 4.93. The number of hydrogen-bond acceptors (Lipinski definition) is 5. The summed E-state index contributed by atoms with van der Waals surface area (Å²) in [6, 6.07) is 10.5. The molecule has 0 fully saturated rings. The van der Waals surface area contributed by atoms with Crippen LogP contribution >= 0.6 is 0 Å². The Morgan fingerprint density at radius 3 is 2.88 bits per heavy atom. The molecule has 7 nitrogen and oxygen atoms in total. The van der Waals surface area contributed by atoms with Crippen molar-refractivity contribution in [2.75, 3.05) is 13.2 Å². The highest BCUT2D eigenvalue weighted by atomic mass is 19.1. The van der Waals surface area contributed by atoms with Crippen LogP contribution in [0.1, 0.15) is 37.1 Å². The summed E-state index contributed by atoms with van der Waals surface area (Å²) in [6.07, 6.45) is 1.74. The van der Waals surface area contributed by atoms with E-state index in [4.69, 9.17) is 4.84 Å². The zero-order valence-corrected chi connectivity index (χ0v) is 18.3. The second kappa shape index (κ2) is 8.97. The maximum absolute atomic E-state index is 13.7. The molecule has 1 aliphatic heterocycles. The van der Waals surface area contributed by atoms with Crippen LogP contribution in [0, 0.1) is 11.2 Å². The average Bonchev–Trinajstić information content (AvgIpc) is 3.07. The van der Waals surface area contributed by atoms with Crippen LogP contribution in [0.2, 0.25) is 0 Å². The van der Waals surface area contributed by atoms with Crippen LogP contribution in [-0.2, 0) is 29.1 Å². The van der Waals surface area contributed by atoms with Gasteiger partial charge in [-0.15, -0.1) is 0 Å². The summed E-state index contributed by atoms with van der Waals surface area (Å²) < 4.78 is 15.8. The van der Waals surface area contributed by atoms with Gasteiger partial charge in [0.1, 0.15) is 11.5 Å². The van der Waals surface area contributed by atoms with Gasteiger partial charge in [-0.1, -0.05) is 12.1 Å². The molecule has 0 saturated carbocycles. The lowest BCUT2D eigenvalue weighted by Crippen LogP contribution is -2.39. The maximum Gasteiger partial charge on any atom is 0.311 e. The van der Waals surface area contributed by atoms with Crippen molar-refractivity contribution in [2.45, 2.75) is 45.9 Å². The molecule has 8 heteroatoms. The SMILES string of the molecule is CC(C)(C(=O)O)C(O)CCON1CCc2c(n(Cc3cccc(F)c3)c3ncccc23)C1. The van der Waals surface area contributed by atoms with E-state index in [1.165, 1.54) is 31.5 Å². The summed E-state index contributed by atoms with van der Waals surface area (Å²) >= 11 is 0. The first-order valence-corrected chi connectivity index (χ1v) is 10.8. The van der Waals surface area contributed by atoms with Crippen molar-refractivity contribution >= 4 is 17.0 Å². The number of carboxylic acid groups (broad SMARTS) is 1. The van der Waals surface area contributed by atoms with Gasteiger partial charge in [-0.3, -0.25) is 9.63 Å². The Morgan fingerprint density at radius 2 is 2.12 bits per heavy atom. The molecule has 3 heterocycles. The van der Waals surface area contributed by atoms with E-state index >= 15 is 0 Å². The quantitative estimate of drug-likeness (QED) is 0.557. The molecule has 1 aromatic carbocycles. The molecule has 1 unspecified atom stereocenters. The van der Waals surface area contributed by atoms with E-state index < -0.39 is 17.5 Å². The molecule has 170 valence electrons. The first kappa shape index (κ1) is 22.4. The number of benzene rings is 1. The Hall–Kier alpha value is -2.81. The van der Waals surface area contributed by atoms with Gasteiger partial charge in [0, 0.05) is 30.4 Å². The minimum Gasteiger partial charge on any atom is -0.481 e. The summed E-state index contributed by atoms with van der Waals surface area (Å²) in [4.78, 5) is 21.8.